The third-order valence-corrected chi connectivity index (χ3v) is 7.42. The average molecular weight is 521 g/mol. The van der Waals surface area contributed by atoms with Crippen LogP contribution in [0.25, 0.3) is 33.8 Å². The van der Waals surface area contributed by atoms with Crippen LogP contribution in [0.1, 0.15) is 18.4 Å². The summed E-state index contributed by atoms with van der Waals surface area (Å²) >= 11 is 0. The molecule has 0 amide bonds. The molecule has 39 heavy (non-hydrogen) atoms. The van der Waals surface area contributed by atoms with E-state index in [0.29, 0.717) is 0 Å². The number of hydrogen-bond donors (Lipinski definition) is 2. The van der Waals surface area contributed by atoms with Gasteiger partial charge in [0, 0.05) is 43.9 Å². The summed E-state index contributed by atoms with van der Waals surface area (Å²) < 4.78 is 0. The second-order valence-electron chi connectivity index (χ2n) is 10.3. The van der Waals surface area contributed by atoms with Gasteiger partial charge in [-0.05, 0) is 45.0 Å². The normalized spacial score (nSPS) is 14.4. The molecule has 0 bridgehead atoms. The quantitative estimate of drug-likeness (QED) is 0.253. The van der Waals surface area contributed by atoms with E-state index in [1.165, 1.54) is 5.56 Å². The van der Waals surface area contributed by atoms with Gasteiger partial charge in [-0.2, -0.15) is 0 Å². The molecule has 1 aromatic heterocycles. The number of nitrogens with two attached hydrogens (primary N) is 1. The average Bonchev–Trinajstić information content (AvgIpc) is 2.99. The molecule has 1 aliphatic heterocycles. The van der Waals surface area contributed by atoms with Gasteiger partial charge in [0.2, 0.25) is 0 Å². The largest absolute Gasteiger partial charge is 0.369 e. The summed E-state index contributed by atoms with van der Waals surface area (Å²) in [6.45, 7) is 10.5. The first-order valence-electron chi connectivity index (χ1n) is 14.2. The van der Waals surface area contributed by atoms with Crippen molar-refractivity contribution in [3.05, 3.63) is 90.5 Å². The lowest BCUT2D eigenvalue weighted by molar-refractivity contribution is 0.132. The zero-order valence-corrected chi connectivity index (χ0v) is 23.0. The predicted octanol–water partition coefficient (Wildman–Crippen LogP) is 5.55. The Morgan fingerprint density at radius 3 is 1.90 bits per heavy atom. The summed E-state index contributed by atoms with van der Waals surface area (Å²) in [5.41, 5.74) is 12.1. The van der Waals surface area contributed by atoms with Crippen LogP contribution in [0.2, 0.25) is 0 Å². The Morgan fingerprint density at radius 1 is 0.692 bits per heavy atom. The number of nitrogens with one attached hydrogen (secondary N) is 1. The molecular formula is C33H40N6. The van der Waals surface area contributed by atoms with Crippen LogP contribution in [-0.2, 0) is 0 Å². The molecule has 4 aromatic rings. The zero-order chi connectivity index (χ0) is 26.9. The van der Waals surface area contributed by atoms with E-state index in [9.17, 15) is 0 Å². The smallest absolute Gasteiger partial charge is 0.162 e. The van der Waals surface area contributed by atoms with Gasteiger partial charge in [0.25, 0.3) is 0 Å². The van der Waals surface area contributed by atoms with Crippen molar-refractivity contribution < 1.29 is 0 Å². The fraction of sp³-hybridized carbons (Fsp3) is 0.333. The van der Waals surface area contributed by atoms with E-state index in [4.69, 9.17) is 15.7 Å². The summed E-state index contributed by atoms with van der Waals surface area (Å²) in [4.78, 5) is 15.3. The van der Waals surface area contributed by atoms with Crippen molar-refractivity contribution in [3.63, 3.8) is 0 Å². The summed E-state index contributed by atoms with van der Waals surface area (Å²) in [6.07, 6.45) is 2.14. The third-order valence-electron chi connectivity index (χ3n) is 7.42. The molecule has 202 valence electrons. The number of piperazine rings is 1. The Balaban J connectivity index is 1.40. The Labute approximate surface area is 232 Å². The van der Waals surface area contributed by atoms with Crippen LogP contribution in [0.4, 0.5) is 5.82 Å². The molecule has 0 unspecified atom stereocenters. The monoisotopic (exact) mass is 520 g/mol. The maximum absolute atomic E-state index is 5.69. The summed E-state index contributed by atoms with van der Waals surface area (Å²) in [6, 6.07) is 29.4. The lowest BCUT2D eigenvalue weighted by Gasteiger charge is -2.34. The first-order chi connectivity index (χ1) is 19.2. The van der Waals surface area contributed by atoms with Gasteiger partial charge in [0.05, 0.1) is 11.3 Å². The standard InChI is InChI=1S/C33H40N6/c1-26-14-16-28(17-15-26)31-30(27-10-4-2-5-11-27)33(37-32(36-31)29-12-6-3-7-13-29)35-19-9-21-39-24-22-38(23-25-39)20-8-18-34/h2-7,10-17H,8-9,18-25,34H2,1H3,(H,35,36,37). The molecule has 6 heteroatoms. The van der Waals surface area contributed by atoms with Crippen LogP contribution < -0.4 is 11.1 Å². The van der Waals surface area contributed by atoms with Gasteiger partial charge in [-0.1, -0.05) is 90.5 Å². The molecule has 0 atom stereocenters. The van der Waals surface area contributed by atoms with Crippen molar-refractivity contribution in [3.8, 4) is 33.8 Å². The number of benzene rings is 3. The molecular weight excluding hydrogens is 480 g/mol. The van der Waals surface area contributed by atoms with Gasteiger partial charge < -0.3 is 20.9 Å². The van der Waals surface area contributed by atoms with Crippen molar-refractivity contribution >= 4 is 5.82 Å². The lowest BCUT2D eigenvalue weighted by Crippen LogP contribution is -2.47. The molecule has 5 rings (SSSR count). The van der Waals surface area contributed by atoms with Crippen molar-refractivity contribution in [2.75, 3.05) is 57.7 Å². The minimum absolute atomic E-state index is 0.738. The Hall–Kier alpha value is -3.58. The Kier molecular flexibility index (Phi) is 9.33. The second kappa shape index (κ2) is 13.5. The van der Waals surface area contributed by atoms with E-state index < -0.39 is 0 Å². The van der Waals surface area contributed by atoms with Crippen LogP contribution in [-0.4, -0.2) is 72.1 Å². The highest BCUT2D eigenvalue weighted by Gasteiger charge is 2.19. The van der Waals surface area contributed by atoms with Gasteiger partial charge in [0.1, 0.15) is 5.82 Å². The van der Waals surface area contributed by atoms with E-state index in [0.717, 1.165) is 105 Å². The minimum Gasteiger partial charge on any atom is -0.369 e. The molecule has 0 spiro atoms. The first kappa shape index (κ1) is 27.0. The van der Waals surface area contributed by atoms with Crippen LogP contribution in [0.15, 0.2) is 84.9 Å². The third kappa shape index (κ3) is 7.09. The van der Waals surface area contributed by atoms with Crippen molar-refractivity contribution in [1.29, 1.82) is 0 Å². The maximum Gasteiger partial charge on any atom is 0.162 e. The van der Waals surface area contributed by atoms with Crippen molar-refractivity contribution in [1.82, 2.24) is 19.8 Å². The van der Waals surface area contributed by atoms with E-state index in [1.54, 1.807) is 0 Å². The lowest BCUT2D eigenvalue weighted by atomic mass is 9.98. The fourth-order valence-corrected chi connectivity index (χ4v) is 5.16. The van der Waals surface area contributed by atoms with E-state index in [2.05, 4.69) is 88.8 Å². The summed E-state index contributed by atoms with van der Waals surface area (Å²) in [5, 5.41) is 3.72. The van der Waals surface area contributed by atoms with Gasteiger partial charge in [0.15, 0.2) is 5.82 Å². The molecule has 3 aromatic carbocycles. The highest BCUT2D eigenvalue weighted by molar-refractivity contribution is 5.89. The number of aryl methyl sites for hydroxylation is 1. The van der Waals surface area contributed by atoms with Crippen molar-refractivity contribution in [2.45, 2.75) is 19.8 Å². The molecule has 2 heterocycles. The molecule has 1 saturated heterocycles. The van der Waals surface area contributed by atoms with Gasteiger partial charge in [-0.15, -0.1) is 0 Å². The number of anilines is 1. The van der Waals surface area contributed by atoms with Crippen LogP contribution in [0.5, 0.6) is 0 Å². The van der Waals surface area contributed by atoms with Gasteiger partial charge in [-0.3, -0.25) is 0 Å². The summed E-state index contributed by atoms with van der Waals surface area (Å²) in [5.74, 6) is 1.62. The number of nitrogens with zero attached hydrogens (tertiary/aromatic N) is 4. The van der Waals surface area contributed by atoms with Gasteiger partial charge in [-0.25, -0.2) is 9.97 Å². The fourth-order valence-electron chi connectivity index (χ4n) is 5.16. The maximum atomic E-state index is 5.69. The van der Waals surface area contributed by atoms with Crippen molar-refractivity contribution in [2.24, 2.45) is 5.73 Å². The van der Waals surface area contributed by atoms with Crippen LogP contribution in [0, 0.1) is 6.92 Å². The Bertz CT molecular complexity index is 1300. The molecule has 0 saturated carbocycles. The topological polar surface area (TPSA) is 70.3 Å². The minimum atomic E-state index is 0.738. The van der Waals surface area contributed by atoms with Crippen LogP contribution in [0.3, 0.4) is 0 Å². The number of aromatic nitrogens is 2. The number of hydrogen-bond acceptors (Lipinski definition) is 6. The summed E-state index contributed by atoms with van der Waals surface area (Å²) in [7, 11) is 0. The van der Waals surface area contributed by atoms with E-state index in [-0.39, 0.29) is 0 Å². The van der Waals surface area contributed by atoms with E-state index in [1.807, 2.05) is 18.2 Å². The highest BCUT2D eigenvalue weighted by Crippen LogP contribution is 2.37. The van der Waals surface area contributed by atoms with E-state index >= 15 is 0 Å². The zero-order valence-electron chi connectivity index (χ0n) is 23.0. The second-order valence-corrected chi connectivity index (χ2v) is 10.3. The van der Waals surface area contributed by atoms with Gasteiger partial charge >= 0.3 is 0 Å². The predicted molar refractivity (Wildman–Crippen MR) is 163 cm³/mol. The molecule has 0 aliphatic carbocycles. The molecule has 6 nitrogen and oxygen atoms in total. The molecule has 1 fully saturated rings. The number of rotatable bonds is 11. The first-order valence-corrected chi connectivity index (χ1v) is 14.2. The highest BCUT2D eigenvalue weighted by atomic mass is 15.3. The Morgan fingerprint density at radius 2 is 1.28 bits per heavy atom. The molecule has 0 radical (unpaired) electrons. The molecule has 1 aliphatic rings. The SMILES string of the molecule is Cc1ccc(-c2nc(-c3ccccc3)nc(NCCCN3CCN(CCCN)CC3)c2-c2ccccc2)cc1. The molecule has 3 N–H and O–H groups in total. The van der Waals surface area contributed by atoms with Crippen LogP contribution >= 0.6 is 0 Å².